The van der Waals surface area contributed by atoms with Crippen LogP contribution in [0.5, 0.6) is 0 Å². The van der Waals surface area contributed by atoms with Gasteiger partial charge in [-0.25, -0.2) is 0 Å². The van der Waals surface area contributed by atoms with Crippen LogP contribution in [0.2, 0.25) is 5.02 Å². The molecule has 0 aliphatic carbocycles. The molecule has 19 heavy (non-hydrogen) atoms. The number of carbonyl (C=O) groups excluding carboxylic acids is 1. The van der Waals surface area contributed by atoms with Gasteiger partial charge in [0.05, 0.1) is 11.8 Å². The van der Waals surface area contributed by atoms with Crippen LogP contribution < -0.4 is 10.6 Å². The lowest BCUT2D eigenvalue weighted by Gasteiger charge is -2.11. The summed E-state index contributed by atoms with van der Waals surface area (Å²) in [5.74, 6) is 0.412. The molecule has 100 valence electrons. The fraction of sp³-hybridized carbons (Fsp3) is 0.231. The van der Waals surface area contributed by atoms with Gasteiger partial charge < -0.3 is 10.6 Å². The summed E-state index contributed by atoms with van der Waals surface area (Å²) in [5, 5.41) is 10.5. The highest BCUT2D eigenvalue weighted by atomic mass is 35.5. The standard InChI is InChI=1S/C13H15ClN4O/c1-3-15-11-5-4-9(14)8-10(11)13(19)17-12-6-7-16-18(12)2/h4-8,15H,3H2,1-2H3,(H,17,19). The summed E-state index contributed by atoms with van der Waals surface area (Å²) in [6, 6.07) is 6.92. The third kappa shape index (κ3) is 3.06. The first kappa shape index (κ1) is 13.4. The van der Waals surface area contributed by atoms with Crippen molar-refractivity contribution in [3.05, 3.63) is 41.0 Å². The Hall–Kier alpha value is -2.01. The Morgan fingerprint density at radius 1 is 1.42 bits per heavy atom. The number of hydrogen-bond donors (Lipinski definition) is 2. The van der Waals surface area contributed by atoms with Gasteiger partial charge in [-0.3, -0.25) is 9.48 Å². The number of aromatic nitrogens is 2. The van der Waals surface area contributed by atoms with E-state index in [1.165, 1.54) is 0 Å². The molecule has 0 saturated heterocycles. The van der Waals surface area contributed by atoms with Crippen LogP contribution in [-0.2, 0) is 7.05 Å². The van der Waals surface area contributed by atoms with Crippen molar-refractivity contribution in [2.24, 2.45) is 7.05 Å². The molecule has 0 radical (unpaired) electrons. The number of halogens is 1. The summed E-state index contributed by atoms with van der Waals surface area (Å²) in [6.45, 7) is 2.70. The second-order valence-corrected chi connectivity index (χ2v) is 4.45. The molecule has 1 heterocycles. The number of anilines is 2. The summed E-state index contributed by atoms with van der Waals surface area (Å²) in [6.07, 6.45) is 1.62. The quantitative estimate of drug-likeness (QED) is 0.904. The van der Waals surface area contributed by atoms with Crippen LogP contribution in [-0.4, -0.2) is 22.2 Å². The lowest BCUT2D eigenvalue weighted by atomic mass is 10.1. The van der Waals surface area contributed by atoms with Crippen molar-refractivity contribution >= 4 is 29.0 Å². The van der Waals surface area contributed by atoms with Gasteiger partial charge in [0, 0.05) is 30.4 Å². The number of hydrogen-bond acceptors (Lipinski definition) is 3. The largest absolute Gasteiger partial charge is 0.385 e. The van der Waals surface area contributed by atoms with E-state index in [1.54, 1.807) is 42.2 Å². The number of nitrogens with zero attached hydrogens (tertiary/aromatic N) is 2. The van der Waals surface area contributed by atoms with E-state index in [9.17, 15) is 4.79 Å². The van der Waals surface area contributed by atoms with E-state index in [4.69, 9.17) is 11.6 Å². The third-order valence-electron chi connectivity index (χ3n) is 2.66. The van der Waals surface area contributed by atoms with Crippen LogP contribution in [0.15, 0.2) is 30.5 Å². The normalized spacial score (nSPS) is 10.3. The van der Waals surface area contributed by atoms with Gasteiger partial charge >= 0.3 is 0 Å². The van der Waals surface area contributed by atoms with E-state index < -0.39 is 0 Å². The Labute approximate surface area is 116 Å². The minimum absolute atomic E-state index is 0.220. The Morgan fingerprint density at radius 2 is 2.21 bits per heavy atom. The molecule has 1 amide bonds. The molecule has 0 atom stereocenters. The van der Waals surface area contributed by atoms with Gasteiger partial charge in [-0.15, -0.1) is 0 Å². The molecule has 2 rings (SSSR count). The zero-order chi connectivity index (χ0) is 13.8. The second-order valence-electron chi connectivity index (χ2n) is 4.01. The lowest BCUT2D eigenvalue weighted by molar-refractivity contribution is 0.102. The summed E-state index contributed by atoms with van der Waals surface area (Å²) in [4.78, 5) is 12.3. The van der Waals surface area contributed by atoms with E-state index in [1.807, 2.05) is 6.92 Å². The van der Waals surface area contributed by atoms with Gasteiger partial charge in [0.15, 0.2) is 0 Å². The van der Waals surface area contributed by atoms with Crippen molar-refractivity contribution < 1.29 is 4.79 Å². The summed E-state index contributed by atoms with van der Waals surface area (Å²) in [5.41, 5.74) is 1.27. The topological polar surface area (TPSA) is 59.0 Å². The molecule has 1 aromatic heterocycles. The van der Waals surface area contributed by atoms with Crippen LogP contribution in [0, 0.1) is 0 Å². The fourth-order valence-corrected chi connectivity index (χ4v) is 1.90. The zero-order valence-electron chi connectivity index (χ0n) is 10.8. The smallest absolute Gasteiger partial charge is 0.258 e. The SMILES string of the molecule is CCNc1ccc(Cl)cc1C(=O)Nc1ccnn1C. The van der Waals surface area contributed by atoms with Crippen LogP contribution in [0.4, 0.5) is 11.5 Å². The van der Waals surface area contributed by atoms with Crippen molar-refractivity contribution in [1.82, 2.24) is 9.78 Å². The Balaban J connectivity index is 2.27. The minimum atomic E-state index is -0.220. The molecule has 0 bridgehead atoms. The highest BCUT2D eigenvalue weighted by Gasteiger charge is 2.13. The first-order valence-corrected chi connectivity index (χ1v) is 6.32. The Kier molecular flexibility index (Phi) is 4.06. The van der Waals surface area contributed by atoms with Crippen LogP contribution in [0.25, 0.3) is 0 Å². The van der Waals surface area contributed by atoms with E-state index in [-0.39, 0.29) is 5.91 Å². The minimum Gasteiger partial charge on any atom is -0.385 e. The molecule has 1 aromatic carbocycles. The number of nitrogens with one attached hydrogen (secondary N) is 2. The first-order chi connectivity index (χ1) is 9.11. The molecular weight excluding hydrogens is 264 g/mol. The van der Waals surface area contributed by atoms with Crippen molar-refractivity contribution in [3.8, 4) is 0 Å². The van der Waals surface area contributed by atoms with Crippen LogP contribution in [0.3, 0.4) is 0 Å². The lowest BCUT2D eigenvalue weighted by Crippen LogP contribution is -2.16. The van der Waals surface area contributed by atoms with Crippen molar-refractivity contribution in [3.63, 3.8) is 0 Å². The predicted octanol–water partition coefficient (Wildman–Crippen LogP) is 2.76. The number of carbonyl (C=O) groups is 1. The summed E-state index contributed by atoms with van der Waals surface area (Å²) in [7, 11) is 1.76. The van der Waals surface area contributed by atoms with E-state index in [0.29, 0.717) is 16.4 Å². The molecule has 0 saturated carbocycles. The molecule has 0 spiro atoms. The number of aryl methyl sites for hydroxylation is 1. The maximum atomic E-state index is 12.3. The van der Waals surface area contributed by atoms with Gasteiger partial charge in [-0.05, 0) is 25.1 Å². The van der Waals surface area contributed by atoms with Gasteiger partial charge in [0.1, 0.15) is 5.82 Å². The van der Waals surface area contributed by atoms with Gasteiger partial charge in [0.25, 0.3) is 5.91 Å². The monoisotopic (exact) mass is 278 g/mol. The molecule has 6 heteroatoms. The third-order valence-corrected chi connectivity index (χ3v) is 2.89. The van der Waals surface area contributed by atoms with E-state index in [0.717, 1.165) is 12.2 Å². The molecule has 2 N–H and O–H groups in total. The highest BCUT2D eigenvalue weighted by Crippen LogP contribution is 2.21. The van der Waals surface area contributed by atoms with Gasteiger partial charge in [-0.2, -0.15) is 5.10 Å². The molecule has 5 nitrogen and oxygen atoms in total. The summed E-state index contributed by atoms with van der Waals surface area (Å²) < 4.78 is 1.59. The number of benzene rings is 1. The maximum absolute atomic E-state index is 12.3. The number of amides is 1. The maximum Gasteiger partial charge on any atom is 0.258 e. The molecule has 0 fully saturated rings. The van der Waals surface area contributed by atoms with Crippen molar-refractivity contribution in [1.29, 1.82) is 0 Å². The molecule has 2 aromatic rings. The first-order valence-electron chi connectivity index (χ1n) is 5.94. The van der Waals surface area contributed by atoms with Crippen LogP contribution in [0.1, 0.15) is 17.3 Å². The second kappa shape index (κ2) is 5.75. The molecule has 0 aliphatic heterocycles. The Bertz CT molecular complexity index is 594. The van der Waals surface area contributed by atoms with Gasteiger partial charge in [0.2, 0.25) is 0 Å². The molecular formula is C13H15ClN4O. The zero-order valence-corrected chi connectivity index (χ0v) is 11.5. The van der Waals surface area contributed by atoms with Crippen molar-refractivity contribution in [2.45, 2.75) is 6.92 Å². The van der Waals surface area contributed by atoms with Crippen molar-refractivity contribution in [2.75, 3.05) is 17.2 Å². The fourth-order valence-electron chi connectivity index (χ4n) is 1.73. The molecule has 0 unspecified atom stereocenters. The molecule has 0 aliphatic rings. The van der Waals surface area contributed by atoms with E-state index >= 15 is 0 Å². The van der Waals surface area contributed by atoms with E-state index in [2.05, 4.69) is 15.7 Å². The average Bonchev–Trinajstić information content (AvgIpc) is 2.77. The average molecular weight is 279 g/mol. The highest BCUT2D eigenvalue weighted by molar-refractivity contribution is 6.31. The van der Waals surface area contributed by atoms with Crippen LogP contribution >= 0.6 is 11.6 Å². The van der Waals surface area contributed by atoms with Gasteiger partial charge in [-0.1, -0.05) is 11.6 Å². The Morgan fingerprint density at radius 3 is 2.84 bits per heavy atom. The predicted molar refractivity (Wildman–Crippen MR) is 76.8 cm³/mol. The summed E-state index contributed by atoms with van der Waals surface area (Å²) >= 11 is 5.95. The number of rotatable bonds is 4.